The largest absolute Gasteiger partial charge is 0.481 e. The van der Waals surface area contributed by atoms with Crippen molar-refractivity contribution in [2.24, 2.45) is 0 Å². The quantitative estimate of drug-likeness (QED) is 0.231. The summed E-state index contributed by atoms with van der Waals surface area (Å²) in [6.07, 6.45) is -0.552. The molecule has 0 unspecified atom stereocenters. The molecule has 0 saturated carbocycles. The highest BCUT2D eigenvalue weighted by Crippen LogP contribution is 2.20. The Morgan fingerprint density at radius 3 is 2.16 bits per heavy atom. The summed E-state index contributed by atoms with van der Waals surface area (Å²) in [4.78, 5) is 77.0. The third kappa shape index (κ3) is 10.1. The van der Waals surface area contributed by atoms with Crippen LogP contribution in [0, 0.1) is 0 Å². The lowest BCUT2D eigenvalue weighted by molar-refractivity contribution is -0.145. The number of carbonyl (C=O) groups excluding carboxylic acids is 5. The van der Waals surface area contributed by atoms with Crippen molar-refractivity contribution in [3.8, 4) is 0 Å². The highest BCUT2D eigenvalue weighted by Gasteiger charge is 2.39. The van der Waals surface area contributed by atoms with Gasteiger partial charge in [0.1, 0.15) is 30.8 Å². The van der Waals surface area contributed by atoms with Crippen LogP contribution in [-0.2, 0) is 46.5 Å². The van der Waals surface area contributed by atoms with Crippen molar-refractivity contribution in [3.05, 3.63) is 71.8 Å². The van der Waals surface area contributed by atoms with E-state index in [0.717, 1.165) is 11.1 Å². The number of amides is 4. The predicted octanol–water partition coefficient (Wildman–Crippen LogP) is 1.54. The molecule has 13 nitrogen and oxygen atoms in total. The number of carboxylic acids is 1. The minimum Gasteiger partial charge on any atom is -0.481 e. The number of hydrogen-bond donors (Lipinski definition) is 4. The monoisotopic (exact) mass is 610 g/mol. The molecule has 3 rings (SSSR count). The van der Waals surface area contributed by atoms with Gasteiger partial charge in [0.15, 0.2) is 0 Å². The van der Waals surface area contributed by atoms with Gasteiger partial charge < -0.3 is 35.4 Å². The molecule has 0 aromatic heterocycles. The molecule has 1 aliphatic heterocycles. The Balaban J connectivity index is 1.62. The van der Waals surface area contributed by atoms with Crippen molar-refractivity contribution >= 4 is 35.8 Å². The fourth-order valence-corrected chi connectivity index (χ4v) is 4.79. The molecule has 4 atom stereocenters. The van der Waals surface area contributed by atoms with Crippen LogP contribution in [0.5, 0.6) is 0 Å². The molecule has 236 valence electrons. The first-order valence-electron chi connectivity index (χ1n) is 14.3. The number of carboxylic acid groups (broad SMARTS) is 1. The lowest BCUT2D eigenvalue weighted by atomic mass is 10.1. The van der Waals surface area contributed by atoms with E-state index in [1.807, 2.05) is 12.1 Å². The molecule has 1 fully saturated rings. The van der Waals surface area contributed by atoms with E-state index in [-0.39, 0.29) is 26.0 Å². The summed E-state index contributed by atoms with van der Waals surface area (Å²) >= 11 is 0. The van der Waals surface area contributed by atoms with E-state index < -0.39 is 66.3 Å². The van der Waals surface area contributed by atoms with E-state index in [4.69, 9.17) is 9.47 Å². The van der Waals surface area contributed by atoms with Crippen LogP contribution in [0.2, 0.25) is 0 Å². The molecule has 4 amide bonds. The van der Waals surface area contributed by atoms with Crippen LogP contribution in [0.15, 0.2) is 60.7 Å². The zero-order chi connectivity index (χ0) is 32.1. The number of carbonyl (C=O) groups is 6. The van der Waals surface area contributed by atoms with Gasteiger partial charge in [-0.15, -0.1) is 0 Å². The van der Waals surface area contributed by atoms with Crippen molar-refractivity contribution in [1.29, 1.82) is 0 Å². The molecule has 0 radical (unpaired) electrons. The van der Waals surface area contributed by atoms with Gasteiger partial charge in [0.2, 0.25) is 17.7 Å². The molecule has 2 aromatic rings. The number of ether oxygens (including phenoxy) is 2. The van der Waals surface area contributed by atoms with E-state index >= 15 is 0 Å². The number of methoxy groups -OCH3 is 1. The number of alkyl carbamates (subject to hydrolysis) is 1. The average molecular weight is 611 g/mol. The van der Waals surface area contributed by atoms with Crippen molar-refractivity contribution < 1.29 is 43.3 Å². The van der Waals surface area contributed by atoms with Crippen molar-refractivity contribution in [1.82, 2.24) is 20.9 Å². The van der Waals surface area contributed by atoms with Crippen LogP contribution in [0.25, 0.3) is 0 Å². The van der Waals surface area contributed by atoms with E-state index in [2.05, 4.69) is 16.0 Å². The summed E-state index contributed by atoms with van der Waals surface area (Å²) in [6, 6.07) is 13.7. The molecule has 44 heavy (non-hydrogen) atoms. The summed E-state index contributed by atoms with van der Waals surface area (Å²) in [5.41, 5.74) is 1.53. The van der Waals surface area contributed by atoms with Crippen LogP contribution in [-0.4, -0.2) is 83.6 Å². The molecule has 13 heteroatoms. The lowest BCUT2D eigenvalue weighted by Crippen LogP contribution is -2.57. The summed E-state index contributed by atoms with van der Waals surface area (Å²) in [5.74, 6) is -3.65. The Hall–Kier alpha value is -4.94. The first-order valence-corrected chi connectivity index (χ1v) is 14.3. The first-order chi connectivity index (χ1) is 21.1. The van der Waals surface area contributed by atoms with Crippen LogP contribution in [0.3, 0.4) is 0 Å². The average Bonchev–Trinajstić information content (AvgIpc) is 3.52. The maximum Gasteiger partial charge on any atom is 0.408 e. The molecule has 1 aliphatic rings. The molecule has 0 spiro atoms. The molecule has 2 aromatic carbocycles. The van der Waals surface area contributed by atoms with E-state index in [1.165, 1.54) is 18.9 Å². The highest BCUT2D eigenvalue weighted by molar-refractivity contribution is 5.95. The SMILES string of the molecule is COC(=O)[C@H](Cc1ccccc1)NC(=O)[C@H](C)NC(=O)[C@@H]1CCCN1C(=O)[C@H](CCC(=O)O)NC(=O)OCc1ccccc1. The van der Waals surface area contributed by atoms with Crippen molar-refractivity contribution in [2.75, 3.05) is 13.7 Å². The fourth-order valence-electron chi connectivity index (χ4n) is 4.79. The fraction of sp³-hybridized carbons (Fsp3) is 0.419. The zero-order valence-corrected chi connectivity index (χ0v) is 24.7. The molecule has 4 N–H and O–H groups in total. The van der Waals surface area contributed by atoms with Crippen LogP contribution < -0.4 is 16.0 Å². The molecular weight excluding hydrogens is 572 g/mol. The Labute approximate surface area is 255 Å². The molecular formula is C31H38N4O9. The van der Waals surface area contributed by atoms with Crippen molar-refractivity contribution in [3.63, 3.8) is 0 Å². The van der Waals surface area contributed by atoms with Gasteiger partial charge in [-0.1, -0.05) is 60.7 Å². The Kier molecular flexibility index (Phi) is 12.7. The maximum atomic E-state index is 13.5. The molecule has 0 bridgehead atoms. The Bertz CT molecular complexity index is 1310. The summed E-state index contributed by atoms with van der Waals surface area (Å²) in [7, 11) is 1.21. The van der Waals surface area contributed by atoms with Crippen LogP contribution in [0.1, 0.15) is 43.7 Å². The zero-order valence-electron chi connectivity index (χ0n) is 24.7. The summed E-state index contributed by atoms with van der Waals surface area (Å²) in [6.45, 7) is 1.60. The number of nitrogens with zero attached hydrogens (tertiary/aromatic N) is 1. The van der Waals surface area contributed by atoms with Gasteiger partial charge in [-0.05, 0) is 37.3 Å². The molecule has 1 heterocycles. The Morgan fingerprint density at radius 2 is 1.55 bits per heavy atom. The van der Waals surface area contributed by atoms with E-state index in [1.54, 1.807) is 48.5 Å². The highest BCUT2D eigenvalue weighted by atomic mass is 16.5. The van der Waals surface area contributed by atoms with Crippen molar-refractivity contribution in [2.45, 2.75) is 69.8 Å². The molecule has 1 saturated heterocycles. The Morgan fingerprint density at radius 1 is 0.909 bits per heavy atom. The number of nitrogens with one attached hydrogen (secondary N) is 3. The second-order valence-electron chi connectivity index (χ2n) is 10.4. The number of hydrogen-bond acceptors (Lipinski definition) is 8. The number of rotatable bonds is 14. The number of esters is 1. The minimum absolute atomic E-state index is 0.0522. The maximum absolute atomic E-state index is 13.5. The topological polar surface area (TPSA) is 180 Å². The van der Waals surface area contributed by atoms with Gasteiger partial charge in [-0.2, -0.15) is 0 Å². The number of aliphatic carboxylic acids is 1. The standard InChI is InChI=1S/C31H38N4O9/c1-20(27(38)33-24(30(41)43-2)18-21-10-5-3-6-11-21)32-28(39)25-14-9-17-35(25)29(40)23(15-16-26(36)37)34-31(42)44-19-22-12-7-4-8-13-22/h3-8,10-13,20,23-25H,9,14-19H2,1-2H3,(H,32,39)(H,33,38)(H,34,42)(H,36,37)/t20-,23-,24-,25-/m0/s1. The van der Waals surface area contributed by atoms with E-state index in [9.17, 15) is 33.9 Å². The van der Waals surface area contributed by atoms with Gasteiger partial charge in [0, 0.05) is 19.4 Å². The summed E-state index contributed by atoms with van der Waals surface area (Å²) in [5, 5.41) is 16.8. The third-order valence-corrected chi connectivity index (χ3v) is 7.13. The normalized spacial score (nSPS) is 16.1. The van der Waals surface area contributed by atoms with Gasteiger partial charge in [0.05, 0.1) is 7.11 Å². The smallest absolute Gasteiger partial charge is 0.408 e. The minimum atomic E-state index is -1.25. The summed E-state index contributed by atoms with van der Waals surface area (Å²) < 4.78 is 10.0. The number of benzene rings is 2. The third-order valence-electron chi connectivity index (χ3n) is 7.13. The van der Waals surface area contributed by atoms with Crippen LogP contribution >= 0.6 is 0 Å². The number of likely N-dealkylation sites (tertiary alicyclic amines) is 1. The van der Waals surface area contributed by atoms with Gasteiger partial charge >= 0.3 is 18.0 Å². The first kappa shape index (κ1) is 33.6. The van der Waals surface area contributed by atoms with Gasteiger partial charge in [-0.3, -0.25) is 19.2 Å². The van der Waals surface area contributed by atoms with Gasteiger partial charge in [-0.25, -0.2) is 9.59 Å². The predicted molar refractivity (Wildman–Crippen MR) is 157 cm³/mol. The van der Waals surface area contributed by atoms with E-state index in [0.29, 0.717) is 12.8 Å². The lowest BCUT2D eigenvalue weighted by Gasteiger charge is -2.29. The van der Waals surface area contributed by atoms with Crippen LogP contribution in [0.4, 0.5) is 4.79 Å². The van der Waals surface area contributed by atoms with Gasteiger partial charge in [0.25, 0.3) is 0 Å². The molecule has 0 aliphatic carbocycles. The second kappa shape index (κ2) is 16.6. The second-order valence-corrected chi connectivity index (χ2v) is 10.4.